The summed E-state index contributed by atoms with van der Waals surface area (Å²) in [6.45, 7) is 1.63. The van der Waals surface area contributed by atoms with Crippen LogP contribution in [0.15, 0.2) is 60.0 Å². The van der Waals surface area contributed by atoms with Crippen molar-refractivity contribution < 1.29 is 14.5 Å². The van der Waals surface area contributed by atoms with E-state index >= 15 is 0 Å². The van der Waals surface area contributed by atoms with Gasteiger partial charge in [-0.05, 0) is 36.6 Å². The van der Waals surface area contributed by atoms with Crippen LogP contribution in [0.25, 0.3) is 0 Å². The highest BCUT2D eigenvalue weighted by Crippen LogP contribution is 2.26. The second-order valence-electron chi connectivity index (χ2n) is 6.07. The number of thiophene rings is 1. The van der Waals surface area contributed by atoms with E-state index in [1.54, 1.807) is 62.5 Å². The summed E-state index contributed by atoms with van der Waals surface area (Å²) in [6, 6.07) is 14.7. The number of nitro benzene ring substituents is 1. The zero-order chi connectivity index (χ0) is 20.3. The highest BCUT2D eigenvalue weighted by molar-refractivity contribution is 7.12. The Morgan fingerprint density at radius 2 is 1.86 bits per heavy atom. The molecule has 3 rings (SSSR count). The van der Waals surface area contributed by atoms with E-state index in [-0.39, 0.29) is 17.2 Å². The van der Waals surface area contributed by atoms with E-state index in [4.69, 9.17) is 0 Å². The Morgan fingerprint density at radius 3 is 2.54 bits per heavy atom. The summed E-state index contributed by atoms with van der Waals surface area (Å²) in [5.41, 5.74) is 1.48. The summed E-state index contributed by atoms with van der Waals surface area (Å²) in [6.07, 6.45) is 0. The van der Waals surface area contributed by atoms with Crippen LogP contribution in [0.3, 0.4) is 0 Å². The Labute approximate surface area is 165 Å². The van der Waals surface area contributed by atoms with Crippen molar-refractivity contribution in [1.29, 1.82) is 0 Å². The fourth-order valence-electron chi connectivity index (χ4n) is 2.72. The van der Waals surface area contributed by atoms with Gasteiger partial charge in [-0.3, -0.25) is 19.7 Å². The Balaban J connectivity index is 1.88. The third kappa shape index (κ3) is 3.91. The number of hydrogen-bond donors (Lipinski definition) is 1. The van der Waals surface area contributed by atoms with E-state index in [1.165, 1.54) is 22.3 Å². The minimum absolute atomic E-state index is 0.0731. The van der Waals surface area contributed by atoms with Crippen LogP contribution < -0.4 is 10.2 Å². The zero-order valence-electron chi connectivity index (χ0n) is 15.2. The predicted molar refractivity (Wildman–Crippen MR) is 109 cm³/mol. The average molecular weight is 395 g/mol. The van der Waals surface area contributed by atoms with Crippen LogP contribution in [-0.4, -0.2) is 23.8 Å². The quantitative estimate of drug-likeness (QED) is 0.509. The van der Waals surface area contributed by atoms with Gasteiger partial charge in [-0.2, -0.15) is 0 Å². The fraction of sp³-hybridized carbons (Fsp3) is 0.100. The van der Waals surface area contributed by atoms with Crippen molar-refractivity contribution in [2.45, 2.75) is 6.92 Å². The number of carbonyl (C=O) groups is 2. The number of benzene rings is 2. The standard InChI is InChI=1S/C20H17N3O4S/c1-13-9-10-14(12-17(13)23(26)27)21-19(24)15-6-3-4-7-16(15)22(2)20(25)18-8-5-11-28-18/h3-12H,1-2H3,(H,21,24). The van der Waals surface area contributed by atoms with Crippen LogP contribution in [0.5, 0.6) is 0 Å². The summed E-state index contributed by atoms with van der Waals surface area (Å²) in [5, 5.41) is 15.6. The predicted octanol–water partition coefficient (Wildman–Crippen LogP) is 4.49. The number of aryl methyl sites for hydroxylation is 1. The van der Waals surface area contributed by atoms with E-state index in [9.17, 15) is 19.7 Å². The second kappa shape index (κ2) is 8.01. The molecule has 28 heavy (non-hydrogen) atoms. The largest absolute Gasteiger partial charge is 0.322 e. The molecule has 0 aliphatic carbocycles. The summed E-state index contributed by atoms with van der Waals surface area (Å²) in [4.78, 5) is 38.0. The zero-order valence-corrected chi connectivity index (χ0v) is 16.0. The number of anilines is 2. The van der Waals surface area contributed by atoms with E-state index in [2.05, 4.69) is 5.32 Å². The molecular formula is C20H17N3O4S. The molecule has 0 atom stereocenters. The Kier molecular flexibility index (Phi) is 5.51. The number of amides is 2. The number of nitro groups is 1. The normalized spacial score (nSPS) is 10.4. The molecule has 0 unspecified atom stereocenters. The van der Waals surface area contributed by atoms with Gasteiger partial charge in [0.15, 0.2) is 0 Å². The molecule has 0 aliphatic rings. The van der Waals surface area contributed by atoms with Crippen molar-refractivity contribution in [3.63, 3.8) is 0 Å². The fourth-order valence-corrected chi connectivity index (χ4v) is 3.41. The highest BCUT2D eigenvalue weighted by Gasteiger charge is 2.21. The summed E-state index contributed by atoms with van der Waals surface area (Å²) in [5.74, 6) is -0.680. The first kappa shape index (κ1) is 19.2. The van der Waals surface area contributed by atoms with E-state index in [1.807, 2.05) is 5.38 Å². The number of carbonyl (C=O) groups excluding carboxylic acids is 2. The van der Waals surface area contributed by atoms with Crippen LogP contribution in [-0.2, 0) is 0 Å². The van der Waals surface area contributed by atoms with Gasteiger partial charge in [0, 0.05) is 24.4 Å². The van der Waals surface area contributed by atoms with Gasteiger partial charge in [0.1, 0.15) is 0 Å². The highest BCUT2D eigenvalue weighted by atomic mass is 32.1. The minimum Gasteiger partial charge on any atom is -0.322 e. The third-order valence-corrected chi connectivity index (χ3v) is 5.07. The lowest BCUT2D eigenvalue weighted by molar-refractivity contribution is -0.385. The summed E-state index contributed by atoms with van der Waals surface area (Å²) in [7, 11) is 1.60. The maximum Gasteiger partial charge on any atom is 0.274 e. The van der Waals surface area contributed by atoms with Gasteiger partial charge in [-0.25, -0.2) is 0 Å². The lowest BCUT2D eigenvalue weighted by Gasteiger charge is -2.20. The summed E-state index contributed by atoms with van der Waals surface area (Å²) >= 11 is 1.32. The van der Waals surface area contributed by atoms with Crippen molar-refractivity contribution in [2.24, 2.45) is 0 Å². The third-order valence-electron chi connectivity index (χ3n) is 4.21. The smallest absolute Gasteiger partial charge is 0.274 e. The number of nitrogens with one attached hydrogen (secondary N) is 1. The molecule has 0 saturated heterocycles. The first-order chi connectivity index (χ1) is 13.4. The average Bonchev–Trinajstić information content (AvgIpc) is 3.23. The van der Waals surface area contributed by atoms with Gasteiger partial charge in [-0.1, -0.05) is 24.3 Å². The molecule has 0 spiro atoms. The topological polar surface area (TPSA) is 92.6 Å². The molecular weight excluding hydrogens is 378 g/mol. The molecule has 0 saturated carbocycles. The first-order valence-electron chi connectivity index (χ1n) is 8.35. The van der Waals surface area contributed by atoms with Gasteiger partial charge in [0.25, 0.3) is 17.5 Å². The van der Waals surface area contributed by atoms with E-state index in [0.717, 1.165) is 0 Å². The van der Waals surface area contributed by atoms with Gasteiger partial charge in [0.05, 0.1) is 21.1 Å². The molecule has 2 amide bonds. The van der Waals surface area contributed by atoms with Crippen LogP contribution >= 0.6 is 11.3 Å². The van der Waals surface area contributed by atoms with E-state index in [0.29, 0.717) is 21.8 Å². The van der Waals surface area contributed by atoms with Crippen molar-refractivity contribution >= 4 is 40.2 Å². The number of hydrogen-bond acceptors (Lipinski definition) is 5. The Bertz CT molecular complexity index is 1050. The monoisotopic (exact) mass is 395 g/mol. The molecule has 8 heteroatoms. The number of nitrogens with zero attached hydrogens (tertiary/aromatic N) is 2. The second-order valence-corrected chi connectivity index (χ2v) is 7.02. The molecule has 1 aromatic heterocycles. The molecule has 1 heterocycles. The first-order valence-corrected chi connectivity index (χ1v) is 9.23. The van der Waals surface area contributed by atoms with Crippen LogP contribution in [0.1, 0.15) is 25.6 Å². The molecule has 0 aliphatic heterocycles. The number of rotatable bonds is 5. The molecule has 0 fully saturated rings. The van der Waals surface area contributed by atoms with Crippen LogP contribution in [0.4, 0.5) is 17.1 Å². The lowest BCUT2D eigenvalue weighted by atomic mass is 10.1. The lowest BCUT2D eigenvalue weighted by Crippen LogP contribution is -2.28. The molecule has 0 radical (unpaired) electrons. The van der Waals surface area contributed by atoms with Crippen molar-refractivity contribution in [3.05, 3.63) is 86.1 Å². The molecule has 1 N–H and O–H groups in total. The molecule has 7 nitrogen and oxygen atoms in total. The maximum atomic E-state index is 12.8. The Hall–Kier alpha value is -3.52. The van der Waals surface area contributed by atoms with Gasteiger partial charge < -0.3 is 10.2 Å². The van der Waals surface area contributed by atoms with Gasteiger partial charge >= 0.3 is 0 Å². The minimum atomic E-state index is -0.494. The Morgan fingerprint density at radius 1 is 1.11 bits per heavy atom. The van der Waals surface area contributed by atoms with Crippen molar-refractivity contribution in [2.75, 3.05) is 17.3 Å². The molecule has 142 valence electrons. The van der Waals surface area contributed by atoms with Crippen LogP contribution in [0, 0.1) is 17.0 Å². The van der Waals surface area contributed by atoms with Crippen molar-refractivity contribution in [3.8, 4) is 0 Å². The molecule has 2 aromatic carbocycles. The molecule has 3 aromatic rings. The van der Waals surface area contributed by atoms with Crippen molar-refractivity contribution in [1.82, 2.24) is 0 Å². The van der Waals surface area contributed by atoms with Crippen LogP contribution in [0.2, 0.25) is 0 Å². The number of para-hydroxylation sites is 1. The maximum absolute atomic E-state index is 12.8. The SMILES string of the molecule is Cc1ccc(NC(=O)c2ccccc2N(C)C(=O)c2cccs2)cc1[N+](=O)[O-]. The van der Waals surface area contributed by atoms with E-state index < -0.39 is 10.8 Å². The molecule has 0 bridgehead atoms. The van der Waals surface area contributed by atoms with Gasteiger partial charge in [-0.15, -0.1) is 11.3 Å². The van der Waals surface area contributed by atoms with Gasteiger partial charge in [0.2, 0.25) is 0 Å². The summed E-state index contributed by atoms with van der Waals surface area (Å²) < 4.78 is 0.